The molecule has 2 amide bonds. The number of nitrogens with one attached hydrogen (secondary N) is 1. The van der Waals surface area contributed by atoms with E-state index in [9.17, 15) is 9.18 Å². The molecular formula is C19H22FN3O2. The summed E-state index contributed by atoms with van der Waals surface area (Å²) in [6.45, 7) is 4.86. The van der Waals surface area contributed by atoms with Gasteiger partial charge in [-0.2, -0.15) is 0 Å². The molecule has 0 saturated carbocycles. The van der Waals surface area contributed by atoms with Crippen LogP contribution in [0.2, 0.25) is 0 Å². The summed E-state index contributed by atoms with van der Waals surface area (Å²) in [4.78, 5) is 16.1. The fraction of sp³-hybridized carbons (Fsp3) is 0.316. The third kappa shape index (κ3) is 4.21. The first-order valence-corrected chi connectivity index (χ1v) is 8.45. The van der Waals surface area contributed by atoms with Crippen molar-refractivity contribution in [2.75, 3.05) is 43.0 Å². The van der Waals surface area contributed by atoms with E-state index in [1.54, 1.807) is 17.0 Å². The molecule has 2 aromatic carbocycles. The number of urea groups is 1. The molecule has 0 aromatic heterocycles. The molecule has 0 aliphatic carbocycles. The van der Waals surface area contributed by atoms with Crippen molar-refractivity contribution in [2.24, 2.45) is 0 Å². The van der Waals surface area contributed by atoms with Gasteiger partial charge in [-0.25, -0.2) is 9.18 Å². The number of anilines is 2. The Morgan fingerprint density at radius 2 is 1.76 bits per heavy atom. The van der Waals surface area contributed by atoms with Crippen LogP contribution in [-0.4, -0.2) is 43.7 Å². The Kier molecular flexibility index (Phi) is 5.38. The number of hydrogen-bond donors (Lipinski definition) is 1. The lowest BCUT2D eigenvalue weighted by Gasteiger charge is -2.36. The zero-order chi connectivity index (χ0) is 17.6. The number of rotatable bonds is 4. The van der Waals surface area contributed by atoms with Crippen LogP contribution < -0.4 is 15.0 Å². The molecule has 5 nitrogen and oxygen atoms in total. The van der Waals surface area contributed by atoms with Crippen LogP contribution in [0.1, 0.15) is 6.92 Å². The fourth-order valence-electron chi connectivity index (χ4n) is 2.86. The van der Waals surface area contributed by atoms with Gasteiger partial charge < -0.3 is 19.9 Å². The summed E-state index contributed by atoms with van der Waals surface area (Å²) in [5.41, 5.74) is 1.32. The molecule has 1 saturated heterocycles. The minimum atomic E-state index is -0.227. The highest BCUT2D eigenvalue weighted by Crippen LogP contribution is 2.21. The van der Waals surface area contributed by atoms with E-state index in [1.165, 1.54) is 6.07 Å². The number of para-hydroxylation sites is 1. The second kappa shape index (κ2) is 7.88. The lowest BCUT2D eigenvalue weighted by atomic mass is 10.2. The largest absolute Gasteiger partial charge is 0.494 e. The molecule has 25 heavy (non-hydrogen) atoms. The van der Waals surface area contributed by atoms with Gasteiger partial charge in [-0.3, -0.25) is 0 Å². The number of amides is 2. The van der Waals surface area contributed by atoms with E-state index in [0.29, 0.717) is 38.5 Å². The lowest BCUT2D eigenvalue weighted by Crippen LogP contribution is -2.50. The van der Waals surface area contributed by atoms with Crippen LogP contribution in [-0.2, 0) is 0 Å². The van der Waals surface area contributed by atoms with Gasteiger partial charge in [0.2, 0.25) is 0 Å². The lowest BCUT2D eigenvalue weighted by molar-refractivity contribution is 0.208. The van der Waals surface area contributed by atoms with E-state index in [2.05, 4.69) is 5.32 Å². The molecule has 132 valence electrons. The van der Waals surface area contributed by atoms with Crippen LogP contribution in [0.4, 0.5) is 20.6 Å². The number of piperazine rings is 1. The van der Waals surface area contributed by atoms with Crippen molar-refractivity contribution in [3.05, 3.63) is 54.3 Å². The summed E-state index contributed by atoms with van der Waals surface area (Å²) in [6, 6.07) is 13.9. The molecule has 0 radical (unpaired) electrons. The minimum Gasteiger partial charge on any atom is -0.494 e. The Hall–Kier alpha value is -2.76. The zero-order valence-electron chi connectivity index (χ0n) is 14.2. The van der Waals surface area contributed by atoms with Crippen LogP contribution in [0.5, 0.6) is 5.75 Å². The Bertz CT molecular complexity index is 713. The van der Waals surface area contributed by atoms with Crippen LogP contribution in [0.15, 0.2) is 48.5 Å². The predicted octanol–water partition coefficient (Wildman–Crippen LogP) is 3.58. The topological polar surface area (TPSA) is 44.8 Å². The standard InChI is InChI=1S/C19H22FN3O2/c1-2-25-16-9-7-15(8-10-16)21-19(24)23-13-11-22(12-14-23)18-6-4-3-5-17(18)20/h3-10H,2,11-14H2,1H3,(H,21,24). The SMILES string of the molecule is CCOc1ccc(NC(=O)N2CCN(c3ccccc3F)CC2)cc1. The monoisotopic (exact) mass is 343 g/mol. The first-order valence-electron chi connectivity index (χ1n) is 8.45. The van der Waals surface area contributed by atoms with Gasteiger partial charge in [0, 0.05) is 31.9 Å². The molecule has 1 N–H and O–H groups in total. The fourth-order valence-corrected chi connectivity index (χ4v) is 2.86. The molecule has 0 atom stereocenters. The number of benzene rings is 2. The van der Waals surface area contributed by atoms with Gasteiger partial charge in [0.05, 0.1) is 12.3 Å². The smallest absolute Gasteiger partial charge is 0.321 e. The number of nitrogens with zero attached hydrogens (tertiary/aromatic N) is 2. The van der Waals surface area contributed by atoms with E-state index >= 15 is 0 Å². The first kappa shape index (κ1) is 17.1. The summed E-state index contributed by atoms with van der Waals surface area (Å²) in [7, 11) is 0. The van der Waals surface area contributed by atoms with Gasteiger partial charge in [0.15, 0.2) is 0 Å². The maximum atomic E-state index is 13.9. The second-order valence-electron chi connectivity index (χ2n) is 5.81. The Morgan fingerprint density at radius 3 is 2.40 bits per heavy atom. The number of carbonyl (C=O) groups excluding carboxylic acids is 1. The van der Waals surface area contributed by atoms with Crippen molar-refractivity contribution in [3.8, 4) is 5.75 Å². The molecule has 0 unspecified atom stereocenters. The van der Waals surface area contributed by atoms with Crippen LogP contribution in [0.3, 0.4) is 0 Å². The van der Waals surface area contributed by atoms with Crippen LogP contribution >= 0.6 is 0 Å². The van der Waals surface area contributed by atoms with Gasteiger partial charge in [0.1, 0.15) is 11.6 Å². The van der Waals surface area contributed by atoms with Gasteiger partial charge in [0.25, 0.3) is 0 Å². The Labute approximate surface area is 147 Å². The van der Waals surface area contributed by atoms with Gasteiger partial charge in [-0.1, -0.05) is 12.1 Å². The minimum absolute atomic E-state index is 0.141. The molecular weight excluding hydrogens is 321 g/mol. The summed E-state index contributed by atoms with van der Waals surface area (Å²) < 4.78 is 19.2. The van der Waals surface area contributed by atoms with E-state index in [0.717, 1.165) is 11.4 Å². The van der Waals surface area contributed by atoms with E-state index < -0.39 is 0 Å². The van der Waals surface area contributed by atoms with Crippen molar-refractivity contribution < 1.29 is 13.9 Å². The van der Waals surface area contributed by atoms with Gasteiger partial charge in [-0.05, 0) is 43.3 Å². The maximum absolute atomic E-state index is 13.9. The quantitative estimate of drug-likeness (QED) is 0.923. The number of carbonyl (C=O) groups is 1. The molecule has 0 bridgehead atoms. The first-order chi connectivity index (χ1) is 12.2. The van der Waals surface area contributed by atoms with Gasteiger partial charge in [-0.15, -0.1) is 0 Å². The molecule has 1 heterocycles. The Morgan fingerprint density at radius 1 is 1.08 bits per heavy atom. The summed E-state index contributed by atoms with van der Waals surface area (Å²) in [5, 5.41) is 2.89. The highest BCUT2D eigenvalue weighted by Gasteiger charge is 2.22. The van der Waals surface area contributed by atoms with E-state index in [4.69, 9.17) is 4.74 Å². The van der Waals surface area contributed by atoms with Crippen molar-refractivity contribution in [3.63, 3.8) is 0 Å². The maximum Gasteiger partial charge on any atom is 0.321 e. The average molecular weight is 343 g/mol. The molecule has 1 aliphatic rings. The van der Waals surface area contributed by atoms with Crippen molar-refractivity contribution in [2.45, 2.75) is 6.92 Å². The third-order valence-electron chi connectivity index (χ3n) is 4.18. The molecule has 2 aromatic rings. The summed E-state index contributed by atoms with van der Waals surface area (Å²) in [5.74, 6) is 0.550. The number of hydrogen-bond acceptors (Lipinski definition) is 3. The van der Waals surface area contributed by atoms with Crippen molar-refractivity contribution >= 4 is 17.4 Å². The van der Waals surface area contributed by atoms with E-state index in [-0.39, 0.29) is 11.8 Å². The Balaban J connectivity index is 1.54. The molecule has 1 fully saturated rings. The molecule has 0 spiro atoms. The number of halogens is 1. The van der Waals surface area contributed by atoms with Gasteiger partial charge >= 0.3 is 6.03 Å². The summed E-state index contributed by atoms with van der Waals surface area (Å²) >= 11 is 0. The van der Waals surface area contributed by atoms with Crippen LogP contribution in [0, 0.1) is 5.82 Å². The molecule has 6 heteroatoms. The average Bonchev–Trinajstić information content (AvgIpc) is 2.64. The predicted molar refractivity (Wildman–Crippen MR) is 96.8 cm³/mol. The summed E-state index contributed by atoms with van der Waals surface area (Å²) in [6.07, 6.45) is 0. The highest BCUT2D eigenvalue weighted by molar-refractivity contribution is 5.89. The highest BCUT2D eigenvalue weighted by atomic mass is 19.1. The van der Waals surface area contributed by atoms with Crippen molar-refractivity contribution in [1.29, 1.82) is 0 Å². The zero-order valence-corrected chi connectivity index (χ0v) is 14.2. The van der Waals surface area contributed by atoms with Crippen LogP contribution in [0.25, 0.3) is 0 Å². The molecule has 3 rings (SSSR count). The third-order valence-corrected chi connectivity index (χ3v) is 4.18. The second-order valence-corrected chi connectivity index (χ2v) is 5.81. The van der Waals surface area contributed by atoms with Crippen molar-refractivity contribution in [1.82, 2.24) is 4.90 Å². The molecule has 1 aliphatic heterocycles. The van der Waals surface area contributed by atoms with E-state index in [1.807, 2.05) is 42.2 Å². The normalized spacial score (nSPS) is 14.3. The number of ether oxygens (including phenoxy) is 1.